The lowest BCUT2D eigenvalue weighted by atomic mass is 9.93. The molecule has 7 rings (SSSR count). The van der Waals surface area contributed by atoms with Gasteiger partial charge in [0.25, 0.3) is 0 Å². The molecule has 4 aromatic carbocycles. The molecule has 0 amide bonds. The van der Waals surface area contributed by atoms with E-state index in [9.17, 15) is 4.79 Å². The average molecular weight is 549 g/mol. The first-order chi connectivity index (χ1) is 20.0. The van der Waals surface area contributed by atoms with Gasteiger partial charge in [0.15, 0.2) is 6.29 Å². The van der Waals surface area contributed by atoms with Crippen LogP contribution in [0.3, 0.4) is 0 Å². The lowest BCUT2D eigenvalue weighted by Crippen LogP contribution is -2.43. The van der Waals surface area contributed by atoms with Crippen molar-refractivity contribution in [1.29, 1.82) is 0 Å². The van der Waals surface area contributed by atoms with Gasteiger partial charge in [-0.25, -0.2) is 4.79 Å². The molecule has 0 saturated carbocycles. The molecule has 1 unspecified atom stereocenters. The lowest BCUT2D eigenvalue weighted by Gasteiger charge is -2.39. The normalized spacial score (nSPS) is 22.4. The summed E-state index contributed by atoms with van der Waals surface area (Å²) in [5, 5.41) is 4.03. The molecule has 2 aliphatic heterocycles. The number of hydrogen-bond acceptors (Lipinski definition) is 6. The third-order valence-electron chi connectivity index (χ3n) is 7.92. The fourth-order valence-electron chi connectivity index (χ4n) is 5.93. The molecule has 4 atom stereocenters. The van der Waals surface area contributed by atoms with E-state index in [1.165, 1.54) is 0 Å². The molecule has 5 aromatic rings. The van der Waals surface area contributed by atoms with Crippen LogP contribution in [-0.2, 0) is 20.6 Å². The van der Waals surface area contributed by atoms with E-state index < -0.39 is 6.29 Å². The predicted octanol–water partition coefficient (Wildman–Crippen LogP) is 7.56. The predicted molar refractivity (Wildman–Crippen MR) is 159 cm³/mol. The van der Waals surface area contributed by atoms with Gasteiger partial charge in [-0.3, -0.25) is 0 Å². The smallest absolute Gasteiger partial charge is 0.344 e. The quantitative estimate of drug-likeness (QED) is 0.128. The van der Waals surface area contributed by atoms with Crippen LogP contribution in [0.4, 0.5) is 0 Å². The van der Waals surface area contributed by atoms with Crippen LogP contribution < -0.4 is 10.4 Å². The maximum atomic E-state index is 13.3. The minimum atomic E-state index is -0.435. The van der Waals surface area contributed by atoms with Crippen LogP contribution in [0.1, 0.15) is 49.9 Å². The second kappa shape index (κ2) is 10.5. The summed E-state index contributed by atoms with van der Waals surface area (Å²) in [5.41, 5.74) is 3.16. The van der Waals surface area contributed by atoms with E-state index in [0.29, 0.717) is 17.6 Å². The Hall–Kier alpha value is -3.97. The van der Waals surface area contributed by atoms with Gasteiger partial charge in [0, 0.05) is 21.7 Å². The summed E-state index contributed by atoms with van der Waals surface area (Å²) >= 11 is 0. The van der Waals surface area contributed by atoms with Gasteiger partial charge < -0.3 is 23.4 Å². The number of benzene rings is 4. The van der Waals surface area contributed by atoms with Crippen molar-refractivity contribution in [3.63, 3.8) is 0 Å². The van der Waals surface area contributed by atoms with Gasteiger partial charge in [-0.1, -0.05) is 67.6 Å². The first-order valence-electron chi connectivity index (χ1n) is 14.3. The Morgan fingerprint density at radius 1 is 0.878 bits per heavy atom. The van der Waals surface area contributed by atoms with E-state index in [4.69, 9.17) is 23.4 Å². The summed E-state index contributed by atoms with van der Waals surface area (Å²) in [7, 11) is 0. The number of fused-ring (bicyclic) bond motifs is 6. The minimum absolute atomic E-state index is 0.0171. The summed E-state index contributed by atoms with van der Waals surface area (Å²) in [5.74, 6) is 0.734. The van der Waals surface area contributed by atoms with Crippen LogP contribution in [0, 0.1) is 0 Å². The largest absolute Gasteiger partial charge is 0.490 e. The molecular formula is C35H32O6. The molecule has 6 nitrogen and oxygen atoms in total. The zero-order valence-electron chi connectivity index (χ0n) is 23.3. The highest BCUT2D eigenvalue weighted by Crippen LogP contribution is 2.42. The molecule has 2 aliphatic rings. The topological polar surface area (TPSA) is 67.1 Å². The SMILES string of the molecule is CCc1ccc2c(c1)c(=O)oc1c2ccc2c(OC(C)C)ccc([C@H]3C=C[C@@H]4OC(c5ccccc5)OC[C@H]4O3)c21. The van der Waals surface area contributed by atoms with Gasteiger partial charge in [0.2, 0.25) is 0 Å². The molecule has 6 heteroatoms. The van der Waals surface area contributed by atoms with Gasteiger partial charge in [0.1, 0.15) is 29.6 Å². The molecule has 0 aliphatic carbocycles. The first-order valence-corrected chi connectivity index (χ1v) is 14.3. The fourth-order valence-corrected chi connectivity index (χ4v) is 5.93. The molecule has 41 heavy (non-hydrogen) atoms. The summed E-state index contributed by atoms with van der Waals surface area (Å²) in [6, 6.07) is 24.0. The Kier molecular flexibility index (Phi) is 6.62. The standard InChI is InChI=1S/C35H32O6/c1-4-21-10-11-23-24-12-13-25-28(38-20(2)3)15-14-26(32(25)33(24)41-34(36)27(23)18-21)29-16-17-30-31(39-29)19-37-35(40-30)22-8-6-5-7-9-22/h5-18,20,29-31,35H,4,19H2,1-3H3/t29-,30+,31-,35?/m1/s1. The number of rotatable bonds is 5. The van der Waals surface area contributed by atoms with Crippen molar-refractivity contribution < 1.29 is 23.4 Å². The van der Waals surface area contributed by atoms with Gasteiger partial charge >= 0.3 is 5.63 Å². The molecule has 208 valence electrons. The Labute approximate surface area is 238 Å². The minimum Gasteiger partial charge on any atom is -0.490 e. The van der Waals surface area contributed by atoms with Crippen molar-refractivity contribution in [1.82, 2.24) is 0 Å². The van der Waals surface area contributed by atoms with E-state index in [2.05, 4.69) is 25.1 Å². The summed E-state index contributed by atoms with van der Waals surface area (Å²) in [6.45, 7) is 6.47. The molecule has 1 saturated heterocycles. The molecule has 3 heterocycles. The van der Waals surface area contributed by atoms with Crippen molar-refractivity contribution in [2.24, 2.45) is 0 Å². The van der Waals surface area contributed by atoms with E-state index in [0.717, 1.165) is 50.4 Å². The fraction of sp³-hybridized carbons (Fsp3) is 0.286. The lowest BCUT2D eigenvalue weighted by molar-refractivity contribution is -0.262. The highest BCUT2D eigenvalue weighted by Gasteiger charge is 2.37. The van der Waals surface area contributed by atoms with E-state index >= 15 is 0 Å². The molecule has 1 aromatic heterocycles. The first kappa shape index (κ1) is 26.0. The Balaban J connectivity index is 1.35. The number of aryl methyl sites for hydroxylation is 1. The monoisotopic (exact) mass is 548 g/mol. The van der Waals surface area contributed by atoms with E-state index in [1.807, 2.05) is 80.6 Å². The van der Waals surface area contributed by atoms with Crippen molar-refractivity contribution in [3.05, 3.63) is 112 Å². The average Bonchev–Trinajstić information content (AvgIpc) is 3.00. The molecule has 0 bridgehead atoms. The van der Waals surface area contributed by atoms with Crippen LogP contribution >= 0.6 is 0 Å². The maximum absolute atomic E-state index is 13.3. The van der Waals surface area contributed by atoms with E-state index in [1.54, 1.807) is 0 Å². The number of hydrogen-bond donors (Lipinski definition) is 0. The van der Waals surface area contributed by atoms with Crippen molar-refractivity contribution in [3.8, 4) is 5.75 Å². The van der Waals surface area contributed by atoms with Crippen molar-refractivity contribution >= 4 is 32.5 Å². The second-order valence-electron chi connectivity index (χ2n) is 11.0. The van der Waals surface area contributed by atoms with Crippen LogP contribution in [-0.4, -0.2) is 24.9 Å². The van der Waals surface area contributed by atoms with Gasteiger partial charge in [-0.2, -0.15) is 0 Å². The van der Waals surface area contributed by atoms with Crippen molar-refractivity contribution in [2.75, 3.05) is 6.61 Å². The summed E-state index contributed by atoms with van der Waals surface area (Å²) in [4.78, 5) is 13.3. The molecule has 0 N–H and O–H groups in total. The highest BCUT2D eigenvalue weighted by atomic mass is 16.7. The van der Waals surface area contributed by atoms with Crippen LogP contribution in [0.25, 0.3) is 32.5 Å². The Bertz CT molecular complexity index is 1840. The van der Waals surface area contributed by atoms with Crippen LogP contribution in [0.15, 0.2) is 94.2 Å². The van der Waals surface area contributed by atoms with Crippen LogP contribution in [0.5, 0.6) is 5.75 Å². The molecule has 0 spiro atoms. The molecular weight excluding hydrogens is 516 g/mol. The maximum Gasteiger partial charge on any atom is 0.344 e. The highest BCUT2D eigenvalue weighted by molar-refractivity contribution is 6.16. The molecule has 1 fully saturated rings. The van der Waals surface area contributed by atoms with Gasteiger partial charge in [-0.15, -0.1) is 0 Å². The third-order valence-corrected chi connectivity index (χ3v) is 7.92. The zero-order chi connectivity index (χ0) is 28.1. The van der Waals surface area contributed by atoms with Crippen LogP contribution in [0.2, 0.25) is 0 Å². The summed E-state index contributed by atoms with van der Waals surface area (Å²) in [6.07, 6.45) is 3.59. The molecule has 0 radical (unpaired) electrons. The Morgan fingerprint density at radius 2 is 1.68 bits per heavy atom. The van der Waals surface area contributed by atoms with E-state index in [-0.39, 0.29) is 30.0 Å². The number of ether oxygens (including phenoxy) is 4. The Morgan fingerprint density at radius 3 is 2.49 bits per heavy atom. The van der Waals surface area contributed by atoms with Gasteiger partial charge in [0.05, 0.1) is 18.1 Å². The third kappa shape index (κ3) is 4.62. The second-order valence-corrected chi connectivity index (χ2v) is 11.0. The van der Waals surface area contributed by atoms with Crippen molar-refractivity contribution in [2.45, 2.75) is 57.9 Å². The zero-order valence-corrected chi connectivity index (χ0v) is 23.3. The summed E-state index contributed by atoms with van der Waals surface area (Å²) < 4.78 is 31.2. The van der Waals surface area contributed by atoms with Gasteiger partial charge in [-0.05, 0) is 61.0 Å².